The Morgan fingerprint density at radius 2 is 2.15 bits per heavy atom. The first-order valence-electron chi connectivity index (χ1n) is 5.92. The van der Waals surface area contributed by atoms with E-state index in [1.54, 1.807) is 18.7 Å². The molecule has 0 saturated carbocycles. The summed E-state index contributed by atoms with van der Waals surface area (Å²) < 4.78 is 26.8. The van der Waals surface area contributed by atoms with E-state index in [9.17, 15) is 18.5 Å². The standard InChI is InChI=1S/C11H17N3O4S2/c1-3-19-7-8(2)13-20(17,18)11-6-9(14(15)16)4-5-10(11)12/h4-6,8,13H,3,7,12H2,1-2H3. The molecule has 9 heteroatoms. The summed E-state index contributed by atoms with van der Waals surface area (Å²) in [6, 6.07) is 3.07. The molecule has 1 rings (SSSR count). The molecule has 0 aliphatic carbocycles. The molecule has 0 bridgehead atoms. The Morgan fingerprint density at radius 1 is 1.50 bits per heavy atom. The lowest BCUT2D eigenvalue weighted by Gasteiger charge is -2.14. The van der Waals surface area contributed by atoms with Gasteiger partial charge in [-0.1, -0.05) is 6.92 Å². The topological polar surface area (TPSA) is 115 Å². The third kappa shape index (κ3) is 4.36. The maximum atomic E-state index is 12.2. The highest BCUT2D eigenvalue weighted by Gasteiger charge is 2.22. The molecule has 0 aliphatic heterocycles. The lowest BCUT2D eigenvalue weighted by Crippen LogP contribution is -2.34. The molecule has 0 aliphatic rings. The first kappa shape index (κ1) is 16.7. The van der Waals surface area contributed by atoms with Crippen LogP contribution in [0.25, 0.3) is 0 Å². The van der Waals surface area contributed by atoms with Gasteiger partial charge in [-0.3, -0.25) is 10.1 Å². The number of rotatable bonds is 7. The molecule has 0 aromatic heterocycles. The number of thioether (sulfide) groups is 1. The average molecular weight is 319 g/mol. The van der Waals surface area contributed by atoms with Crippen LogP contribution in [0.2, 0.25) is 0 Å². The molecular weight excluding hydrogens is 302 g/mol. The third-order valence-corrected chi connectivity index (χ3v) is 5.21. The fourth-order valence-corrected chi connectivity index (χ4v) is 3.70. The molecule has 0 heterocycles. The third-order valence-electron chi connectivity index (χ3n) is 2.43. The molecule has 7 nitrogen and oxygen atoms in total. The van der Waals surface area contributed by atoms with Gasteiger partial charge in [-0.2, -0.15) is 11.8 Å². The minimum Gasteiger partial charge on any atom is -0.398 e. The lowest BCUT2D eigenvalue weighted by atomic mass is 10.3. The van der Waals surface area contributed by atoms with Crippen molar-refractivity contribution in [3.05, 3.63) is 28.3 Å². The highest BCUT2D eigenvalue weighted by atomic mass is 32.2. The van der Waals surface area contributed by atoms with Gasteiger partial charge < -0.3 is 5.73 Å². The zero-order valence-electron chi connectivity index (χ0n) is 11.2. The number of anilines is 1. The molecule has 0 saturated heterocycles. The maximum absolute atomic E-state index is 12.2. The summed E-state index contributed by atoms with van der Waals surface area (Å²) in [7, 11) is -3.87. The number of nitro groups is 1. The first-order chi connectivity index (χ1) is 9.27. The number of nitrogens with zero attached hydrogens (tertiary/aromatic N) is 1. The Bertz CT molecular complexity index is 589. The van der Waals surface area contributed by atoms with Crippen LogP contribution in [-0.2, 0) is 10.0 Å². The summed E-state index contributed by atoms with van der Waals surface area (Å²) in [5.74, 6) is 1.50. The summed E-state index contributed by atoms with van der Waals surface area (Å²) in [5.41, 5.74) is 5.28. The zero-order valence-corrected chi connectivity index (χ0v) is 12.8. The number of nitro benzene ring substituents is 1. The Labute approximate surface area is 122 Å². The highest BCUT2D eigenvalue weighted by Crippen LogP contribution is 2.24. The van der Waals surface area contributed by atoms with Crippen molar-refractivity contribution in [3.63, 3.8) is 0 Å². The second-order valence-corrected chi connectivity index (χ2v) is 7.16. The molecule has 0 spiro atoms. The summed E-state index contributed by atoms with van der Waals surface area (Å²) in [5, 5.41) is 10.7. The smallest absolute Gasteiger partial charge is 0.270 e. The number of hydrogen-bond acceptors (Lipinski definition) is 6. The van der Waals surface area contributed by atoms with Gasteiger partial charge in [-0.05, 0) is 18.7 Å². The van der Waals surface area contributed by atoms with Gasteiger partial charge in [0.15, 0.2) is 0 Å². The van der Waals surface area contributed by atoms with Crippen molar-refractivity contribution in [2.24, 2.45) is 0 Å². The van der Waals surface area contributed by atoms with Crippen LogP contribution in [0.5, 0.6) is 0 Å². The fourth-order valence-electron chi connectivity index (χ4n) is 1.53. The van der Waals surface area contributed by atoms with Crippen LogP contribution < -0.4 is 10.5 Å². The van der Waals surface area contributed by atoms with E-state index in [1.165, 1.54) is 12.1 Å². The van der Waals surface area contributed by atoms with Gasteiger partial charge >= 0.3 is 0 Å². The van der Waals surface area contributed by atoms with E-state index in [0.29, 0.717) is 5.75 Å². The van der Waals surface area contributed by atoms with Gasteiger partial charge in [-0.25, -0.2) is 13.1 Å². The number of sulfonamides is 1. The fraction of sp³-hybridized carbons (Fsp3) is 0.455. The molecule has 20 heavy (non-hydrogen) atoms. The highest BCUT2D eigenvalue weighted by molar-refractivity contribution is 7.99. The van der Waals surface area contributed by atoms with E-state index < -0.39 is 14.9 Å². The SMILES string of the molecule is CCSCC(C)NS(=O)(=O)c1cc([N+](=O)[O-])ccc1N. The molecule has 1 aromatic carbocycles. The molecule has 0 fully saturated rings. The minimum atomic E-state index is -3.87. The van der Waals surface area contributed by atoms with Gasteiger partial charge in [0.25, 0.3) is 5.69 Å². The van der Waals surface area contributed by atoms with Gasteiger partial charge in [0.1, 0.15) is 4.90 Å². The van der Waals surface area contributed by atoms with Crippen molar-refractivity contribution in [1.82, 2.24) is 4.72 Å². The quantitative estimate of drug-likeness (QED) is 0.448. The number of nitrogen functional groups attached to an aromatic ring is 1. The van der Waals surface area contributed by atoms with Gasteiger partial charge in [-0.15, -0.1) is 0 Å². The number of non-ortho nitro benzene ring substituents is 1. The Kier molecular flexibility index (Phi) is 5.78. The second-order valence-electron chi connectivity index (χ2n) is 4.16. The second kappa shape index (κ2) is 6.91. The monoisotopic (exact) mass is 319 g/mol. The van der Waals surface area contributed by atoms with Crippen LogP contribution in [0.1, 0.15) is 13.8 Å². The van der Waals surface area contributed by atoms with Crippen LogP contribution in [0.4, 0.5) is 11.4 Å². The van der Waals surface area contributed by atoms with E-state index in [0.717, 1.165) is 11.8 Å². The van der Waals surface area contributed by atoms with Crippen molar-refractivity contribution in [3.8, 4) is 0 Å². The summed E-state index contributed by atoms with van der Waals surface area (Å²) >= 11 is 1.60. The molecule has 0 radical (unpaired) electrons. The van der Waals surface area contributed by atoms with Gasteiger partial charge in [0.2, 0.25) is 10.0 Å². The van der Waals surface area contributed by atoms with E-state index >= 15 is 0 Å². The lowest BCUT2D eigenvalue weighted by molar-refractivity contribution is -0.385. The predicted octanol–water partition coefficient (Wildman–Crippen LogP) is 1.60. The largest absolute Gasteiger partial charge is 0.398 e. The Balaban J connectivity index is 3.03. The van der Waals surface area contributed by atoms with Gasteiger partial charge in [0, 0.05) is 23.9 Å². The predicted molar refractivity (Wildman–Crippen MR) is 80.3 cm³/mol. The number of benzene rings is 1. The van der Waals surface area contributed by atoms with Crippen LogP contribution in [-0.4, -0.2) is 30.9 Å². The molecular formula is C11H17N3O4S2. The number of nitrogens with one attached hydrogen (secondary N) is 1. The van der Waals surface area contributed by atoms with Crippen molar-refractivity contribution in [2.45, 2.75) is 24.8 Å². The number of nitrogens with two attached hydrogens (primary N) is 1. The summed E-state index contributed by atoms with van der Waals surface area (Å²) in [6.45, 7) is 3.71. The molecule has 3 N–H and O–H groups in total. The number of hydrogen-bond donors (Lipinski definition) is 2. The van der Waals surface area contributed by atoms with Crippen LogP contribution in [0, 0.1) is 10.1 Å². The van der Waals surface area contributed by atoms with Gasteiger partial charge in [0.05, 0.1) is 10.6 Å². The van der Waals surface area contributed by atoms with Crippen molar-refractivity contribution in [2.75, 3.05) is 17.2 Å². The molecule has 0 amide bonds. The normalized spacial score (nSPS) is 13.1. The minimum absolute atomic E-state index is 0.0153. The summed E-state index contributed by atoms with van der Waals surface area (Å²) in [4.78, 5) is 9.78. The Morgan fingerprint density at radius 3 is 2.70 bits per heavy atom. The van der Waals surface area contributed by atoms with Crippen LogP contribution in [0.15, 0.2) is 23.1 Å². The van der Waals surface area contributed by atoms with Crippen LogP contribution >= 0.6 is 11.8 Å². The van der Waals surface area contributed by atoms with Crippen molar-refractivity contribution in [1.29, 1.82) is 0 Å². The van der Waals surface area contributed by atoms with E-state index in [-0.39, 0.29) is 22.3 Å². The van der Waals surface area contributed by atoms with Crippen molar-refractivity contribution >= 4 is 33.2 Å². The zero-order chi connectivity index (χ0) is 15.3. The average Bonchev–Trinajstić information content (AvgIpc) is 2.35. The Hall–Kier alpha value is -1.32. The van der Waals surface area contributed by atoms with E-state index in [1.807, 2.05) is 6.92 Å². The first-order valence-corrected chi connectivity index (χ1v) is 8.55. The molecule has 1 unspecified atom stereocenters. The molecule has 1 aromatic rings. The maximum Gasteiger partial charge on any atom is 0.270 e. The summed E-state index contributed by atoms with van der Waals surface area (Å²) in [6.07, 6.45) is 0. The molecule has 1 atom stereocenters. The van der Waals surface area contributed by atoms with Crippen molar-refractivity contribution < 1.29 is 13.3 Å². The van der Waals surface area contributed by atoms with Crippen LogP contribution in [0.3, 0.4) is 0 Å². The van der Waals surface area contributed by atoms with E-state index in [4.69, 9.17) is 5.73 Å². The molecule has 112 valence electrons. The van der Waals surface area contributed by atoms with E-state index in [2.05, 4.69) is 4.72 Å².